The van der Waals surface area contributed by atoms with Gasteiger partial charge in [-0.25, -0.2) is 4.98 Å². The molecule has 0 aliphatic heterocycles. The quantitative estimate of drug-likeness (QED) is 0.481. The second-order valence-corrected chi connectivity index (χ2v) is 8.20. The molecule has 0 fully saturated rings. The largest absolute Gasteiger partial charge is 0.274 e. The lowest BCUT2D eigenvalue weighted by atomic mass is 10.1. The first-order valence-electron chi connectivity index (χ1n) is 9.05. The number of amides is 1. The van der Waals surface area contributed by atoms with E-state index in [1.54, 1.807) is 11.8 Å². The minimum Gasteiger partial charge on any atom is -0.274 e. The molecule has 0 bridgehead atoms. The van der Waals surface area contributed by atoms with Crippen molar-refractivity contribution >= 4 is 39.8 Å². The van der Waals surface area contributed by atoms with Crippen LogP contribution in [0.4, 0.5) is 10.8 Å². The summed E-state index contributed by atoms with van der Waals surface area (Å²) in [5.74, 6) is 1.80. The molecule has 3 rings (SSSR count). The number of rotatable bonds is 7. The van der Waals surface area contributed by atoms with Gasteiger partial charge in [0.25, 0.3) is 0 Å². The Morgan fingerprint density at radius 2 is 1.78 bits per heavy atom. The van der Waals surface area contributed by atoms with Gasteiger partial charge in [0.15, 0.2) is 5.13 Å². The molecule has 27 heavy (non-hydrogen) atoms. The Kier molecular flexibility index (Phi) is 6.69. The second-order valence-electron chi connectivity index (χ2n) is 6.38. The predicted octanol–water partition coefficient (Wildman–Crippen LogP) is 6.13. The number of thiazole rings is 1. The molecule has 0 atom stereocenters. The van der Waals surface area contributed by atoms with Crippen LogP contribution in [0, 0.1) is 6.92 Å². The highest BCUT2D eigenvalue weighted by molar-refractivity contribution is 7.97. The standard InChI is InChI=1S/C22H24N2OS2/c1-4-18-10-7-8-12-21(18)24(17(3)25)22-23-20(15-27-22)14-26-13-19-11-6-5-9-16(19)2/h5-12,15H,4,13-14H2,1-3H3. The fourth-order valence-electron chi connectivity index (χ4n) is 2.94. The third-order valence-corrected chi connectivity index (χ3v) is 6.32. The lowest BCUT2D eigenvalue weighted by Gasteiger charge is -2.20. The highest BCUT2D eigenvalue weighted by Crippen LogP contribution is 2.32. The molecule has 0 saturated heterocycles. The van der Waals surface area contributed by atoms with Gasteiger partial charge >= 0.3 is 0 Å². The number of nitrogens with zero attached hydrogens (tertiary/aromatic N) is 2. The van der Waals surface area contributed by atoms with Gasteiger partial charge in [0, 0.05) is 23.8 Å². The van der Waals surface area contributed by atoms with Crippen LogP contribution in [0.5, 0.6) is 0 Å². The Morgan fingerprint density at radius 1 is 1.07 bits per heavy atom. The van der Waals surface area contributed by atoms with Gasteiger partial charge < -0.3 is 0 Å². The normalized spacial score (nSPS) is 10.8. The SMILES string of the molecule is CCc1ccccc1N(C(C)=O)c1nc(CSCc2ccccc2C)cs1. The van der Waals surface area contributed by atoms with Crippen LogP contribution in [0.3, 0.4) is 0 Å². The molecule has 5 heteroatoms. The molecular formula is C22H24N2OS2. The van der Waals surface area contributed by atoms with Crippen molar-refractivity contribution < 1.29 is 4.79 Å². The molecule has 0 spiro atoms. The number of hydrogen-bond acceptors (Lipinski definition) is 4. The molecule has 0 aliphatic rings. The molecular weight excluding hydrogens is 372 g/mol. The van der Waals surface area contributed by atoms with Crippen LogP contribution in [0.2, 0.25) is 0 Å². The van der Waals surface area contributed by atoms with Crippen molar-refractivity contribution in [2.45, 2.75) is 38.7 Å². The van der Waals surface area contributed by atoms with E-state index in [1.165, 1.54) is 22.5 Å². The summed E-state index contributed by atoms with van der Waals surface area (Å²) in [5, 5.41) is 2.81. The average molecular weight is 397 g/mol. The van der Waals surface area contributed by atoms with Crippen molar-refractivity contribution in [3.63, 3.8) is 0 Å². The minimum atomic E-state index is -0.00985. The van der Waals surface area contributed by atoms with Crippen molar-refractivity contribution in [1.29, 1.82) is 0 Å². The van der Waals surface area contributed by atoms with Crippen molar-refractivity contribution in [3.05, 3.63) is 76.3 Å². The summed E-state index contributed by atoms with van der Waals surface area (Å²) in [6, 6.07) is 16.5. The summed E-state index contributed by atoms with van der Waals surface area (Å²) in [7, 11) is 0. The smallest absolute Gasteiger partial charge is 0.230 e. The van der Waals surface area contributed by atoms with E-state index in [4.69, 9.17) is 4.98 Å². The predicted molar refractivity (Wildman–Crippen MR) is 117 cm³/mol. The number of carbonyl (C=O) groups is 1. The molecule has 0 aliphatic carbocycles. The van der Waals surface area contributed by atoms with Crippen LogP contribution >= 0.6 is 23.1 Å². The number of benzene rings is 2. The number of anilines is 2. The molecule has 0 N–H and O–H groups in total. The summed E-state index contributed by atoms with van der Waals surface area (Å²) < 4.78 is 0. The van der Waals surface area contributed by atoms with Gasteiger partial charge in [0.05, 0.1) is 11.4 Å². The van der Waals surface area contributed by atoms with Crippen molar-refractivity contribution in [2.75, 3.05) is 4.90 Å². The van der Waals surface area contributed by atoms with Crippen LogP contribution in [0.25, 0.3) is 0 Å². The Labute approximate surface area is 169 Å². The average Bonchev–Trinajstić information content (AvgIpc) is 3.12. The molecule has 140 valence electrons. The summed E-state index contributed by atoms with van der Waals surface area (Å²) in [6.07, 6.45) is 0.879. The number of aryl methyl sites for hydroxylation is 2. The highest BCUT2D eigenvalue weighted by atomic mass is 32.2. The van der Waals surface area contributed by atoms with Gasteiger partial charge in [0.1, 0.15) is 0 Å². The lowest BCUT2D eigenvalue weighted by Crippen LogP contribution is -2.23. The Hall–Kier alpha value is -2.11. The molecule has 0 radical (unpaired) electrons. The second kappa shape index (κ2) is 9.20. The van der Waals surface area contributed by atoms with Gasteiger partial charge in [-0.05, 0) is 36.1 Å². The number of thioether (sulfide) groups is 1. The zero-order chi connectivity index (χ0) is 19.2. The van der Waals surface area contributed by atoms with E-state index in [0.29, 0.717) is 0 Å². The maximum atomic E-state index is 12.3. The zero-order valence-electron chi connectivity index (χ0n) is 15.9. The molecule has 3 aromatic rings. The van der Waals surface area contributed by atoms with E-state index < -0.39 is 0 Å². The van der Waals surface area contributed by atoms with E-state index in [0.717, 1.165) is 40.0 Å². The number of carbonyl (C=O) groups excluding carboxylic acids is 1. The summed E-state index contributed by atoms with van der Waals surface area (Å²) in [4.78, 5) is 18.8. The summed E-state index contributed by atoms with van der Waals surface area (Å²) in [6.45, 7) is 5.85. The molecule has 0 saturated carbocycles. The van der Waals surface area contributed by atoms with Gasteiger partial charge in [0.2, 0.25) is 5.91 Å². The van der Waals surface area contributed by atoms with Crippen LogP contribution in [0.15, 0.2) is 53.9 Å². The van der Waals surface area contributed by atoms with E-state index in [2.05, 4.69) is 49.6 Å². The molecule has 1 amide bonds. The first kappa shape index (κ1) is 19.6. The Bertz CT molecular complexity index is 920. The maximum Gasteiger partial charge on any atom is 0.230 e. The molecule has 1 aromatic heterocycles. The van der Waals surface area contributed by atoms with E-state index in [-0.39, 0.29) is 5.91 Å². The van der Waals surface area contributed by atoms with Crippen LogP contribution in [0.1, 0.15) is 36.2 Å². The number of aromatic nitrogens is 1. The van der Waals surface area contributed by atoms with Crippen molar-refractivity contribution in [1.82, 2.24) is 4.98 Å². The van der Waals surface area contributed by atoms with Gasteiger partial charge in [-0.15, -0.1) is 11.3 Å². The number of hydrogen-bond donors (Lipinski definition) is 0. The monoisotopic (exact) mass is 396 g/mol. The van der Waals surface area contributed by atoms with Crippen LogP contribution in [-0.4, -0.2) is 10.9 Å². The van der Waals surface area contributed by atoms with E-state index in [1.807, 2.05) is 30.0 Å². The molecule has 1 heterocycles. The minimum absolute atomic E-state index is 0.00985. The third kappa shape index (κ3) is 4.79. The molecule has 0 unspecified atom stereocenters. The Balaban J connectivity index is 1.73. The lowest BCUT2D eigenvalue weighted by molar-refractivity contribution is -0.115. The van der Waals surface area contributed by atoms with Gasteiger partial charge in [-0.3, -0.25) is 9.69 Å². The Morgan fingerprint density at radius 3 is 2.48 bits per heavy atom. The maximum absolute atomic E-state index is 12.3. The fraction of sp³-hybridized carbons (Fsp3) is 0.273. The van der Waals surface area contributed by atoms with Crippen molar-refractivity contribution in [2.24, 2.45) is 0 Å². The topological polar surface area (TPSA) is 33.2 Å². The van der Waals surface area contributed by atoms with Gasteiger partial charge in [-0.1, -0.05) is 49.4 Å². The van der Waals surface area contributed by atoms with E-state index >= 15 is 0 Å². The summed E-state index contributed by atoms with van der Waals surface area (Å²) in [5.41, 5.74) is 5.79. The van der Waals surface area contributed by atoms with Crippen LogP contribution < -0.4 is 4.90 Å². The summed E-state index contributed by atoms with van der Waals surface area (Å²) >= 11 is 3.38. The van der Waals surface area contributed by atoms with Gasteiger partial charge in [-0.2, -0.15) is 11.8 Å². The highest BCUT2D eigenvalue weighted by Gasteiger charge is 2.20. The molecule has 2 aromatic carbocycles. The van der Waals surface area contributed by atoms with E-state index in [9.17, 15) is 4.79 Å². The third-order valence-electron chi connectivity index (χ3n) is 4.43. The fourth-order valence-corrected chi connectivity index (χ4v) is 4.93. The van der Waals surface area contributed by atoms with Crippen molar-refractivity contribution in [3.8, 4) is 0 Å². The zero-order valence-corrected chi connectivity index (χ0v) is 17.6. The first-order valence-corrected chi connectivity index (χ1v) is 11.1. The first-order chi connectivity index (χ1) is 13.1. The number of para-hydroxylation sites is 1. The van der Waals surface area contributed by atoms with Crippen LogP contribution in [-0.2, 0) is 22.7 Å². The molecule has 3 nitrogen and oxygen atoms in total.